The molecule has 0 N–H and O–H groups in total. The van der Waals surface area contributed by atoms with Crippen LogP contribution in [0.2, 0.25) is 0 Å². The highest BCUT2D eigenvalue weighted by atomic mass is 19.4. The van der Waals surface area contributed by atoms with Crippen molar-refractivity contribution in [3.05, 3.63) is 247 Å². The van der Waals surface area contributed by atoms with E-state index in [0.29, 0.717) is 5.39 Å². The van der Waals surface area contributed by atoms with Crippen LogP contribution in [0.25, 0.3) is 132 Å². The Morgan fingerprint density at radius 2 is 1.03 bits per heavy atom. The molecular formula is C68H43F3N2. The number of hydrogen-bond acceptors (Lipinski definition) is 1. The SMILES string of the molecule is FC(F)(F)c1ccc2c(-c3ccc4cc(-c5ccc6c(c5)c5cnc(-c7cccc(-c8ccccc8)c7)cc5n6-c5cccc6ccccc56)ccc4c3)c3ccccc3c(-c3ccc4c(c3)CCC=C4)c2c1. The molecule has 0 saturated heterocycles. The van der Waals surface area contributed by atoms with Crippen LogP contribution >= 0.6 is 0 Å². The molecule has 0 atom stereocenters. The molecule has 2 heterocycles. The van der Waals surface area contributed by atoms with Crippen LogP contribution in [0.15, 0.2) is 231 Å². The number of halogens is 3. The number of alkyl halides is 3. The van der Waals surface area contributed by atoms with Crippen molar-refractivity contribution < 1.29 is 13.2 Å². The highest BCUT2D eigenvalue weighted by Crippen LogP contribution is 2.47. The monoisotopic (exact) mass is 944 g/mol. The number of benzene rings is 11. The Morgan fingerprint density at radius 3 is 1.86 bits per heavy atom. The number of aryl methyl sites for hydroxylation is 1. The summed E-state index contributed by atoms with van der Waals surface area (Å²) in [4.78, 5) is 5.13. The van der Waals surface area contributed by atoms with E-state index < -0.39 is 11.7 Å². The van der Waals surface area contributed by atoms with Crippen molar-refractivity contribution >= 4 is 71.0 Å². The van der Waals surface area contributed by atoms with Crippen molar-refractivity contribution in [2.45, 2.75) is 19.0 Å². The Morgan fingerprint density at radius 1 is 0.397 bits per heavy atom. The number of allylic oxidation sites excluding steroid dienone is 1. The van der Waals surface area contributed by atoms with E-state index in [0.717, 1.165) is 129 Å². The Balaban J connectivity index is 0.900. The molecule has 1 aliphatic rings. The van der Waals surface area contributed by atoms with E-state index in [1.54, 1.807) is 6.07 Å². The molecule has 0 bridgehead atoms. The highest BCUT2D eigenvalue weighted by Gasteiger charge is 2.31. The maximum atomic E-state index is 14.5. The van der Waals surface area contributed by atoms with E-state index in [4.69, 9.17) is 4.98 Å². The van der Waals surface area contributed by atoms with Crippen LogP contribution in [0.5, 0.6) is 0 Å². The molecule has 11 aromatic carbocycles. The third kappa shape index (κ3) is 7.22. The first-order chi connectivity index (χ1) is 35.8. The topological polar surface area (TPSA) is 17.8 Å². The quantitative estimate of drug-likeness (QED) is 0.152. The zero-order valence-corrected chi connectivity index (χ0v) is 39.5. The van der Waals surface area contributed by atoms with Gasteiger partial charge in [-0.3, -0.25) is 4.98 Å². The Bertz CT molecular complexity index is 4420. The van der Waals surface area contributed by atoms with Crippen molar-refractivity contribution in [1.29, 1.82) is 0 Å². The fraction of sp³-hybridized carbons (Fsp3) is 0.0441. The van der Waals surface area contributed by atoms with Crippen LogP contribution in [-0.4, -0.2) is 9.55 Å². The standard InChI is InChI=1S/C68H43F3N2/c69-68(70,71)54-31-32-58-60(39-54)67(53-28-24-43-14-4-5-16-45(43)36-53)57-22-9-8-21-56(57)66(58)52-29-27-47-34-48(25-26-49(47)37-52)50-30-33-64-59(38-50)61-41-72-62(51-19-10-18-46(35-51)42-12-2-1-3-13-42)40-65(61)73(64)63-23-11-17-44-15-6-7-20-55(44)63/h1-4,6-15,17-41H,5,16H2. The van der Waals surface area contributed by atoms with Crippen LogP contribution in [0.1, 0.15) is 23.1 Å². The highest BCUT2D eigenvalue weighted by molar-refractivity contribution is 6.22. The van der Waals surface area contributed by atoms with E-state index >= 15 is 0 Å². The second-order valence-corrected chi connectivity index (χ2v) is 19.3. The lowest BCUT2D eigenvalue weighted by Gasteiger charge is -2.20. The van der Waals surface area contributed by atoms with E-state index in [2.05, 4.69) is 199 Å². The van der Waals surface area contributed by atoms with Crippen LogP contribution in [0.3, 0.4) is 0 Å². The molecule has 0 fully saturated rings. The average Bonchev–Trinajstić information content (AvgIpc) is 3.76. The van der Waals surface area contributed by atoms with Gasteiger partial charge in [-0.05, 0) is 161 Å². The Labute approximate surface area is 419 Å². The van der Waals surface area contributed by atoms with Gasteiger partial charge in [0.15, 0.2) is 0 Å². The fourth-order valence-corrected chi connectivity index (χ4v) is 11.5. The van der Waals surface area contributed by atoms with Crippen molar-refractivity contribution in [2.75, 3.05) is 0 Å². The lowest BCUT2D eigenvalue weighted by molar-refractivity contribution is -0.137. The maximum absolute atomic E-state index is 14.5. The van der Waals surface area contributed by atoms with Gasteiger partial charge in [0.2, 0.25) is 0 Å². The van der Waals surface area contributed by atoms with E-state index in [9.17, 15) is 13.2 Å². The first-order valence-corrected chi connectivity index (χ1v) is 24.8. The van der Waals surface area contributed by atoms with Gasteiger partial charge in [-0.2, -0.15) is 13.2 Å². The minimum Gasteiger partial charge on any atom is -0.308 e. The molecule has 346 valence electrons. The fourth-order valence-electron chi connectivity index (χ4n) is 11.5. The molecule has 0 spiro atoms. The second kappa shape index (κ2) is 16.8. The molecule has 5 heteroatoms. The Kier molecular flexibility index (Phi) is 9.84. The molecule has 14 rings (SSSR count). The first-order valence-electron chi connectivity index (χ1n) is 24.8. The lowest BCUT2D eigenvalue weighted by Crippen LogP contribution is -2.05. The summed E-state index contributed by atoms with van der Waals surface area (Å²) in [5, 5.41) is 9.92. The summed E-state index contributed by atoms with van der Waals surface area (Å²) in [5.41, 5.74) is 15.0. The number of rotatable bonds is 6. The van der Waals surface area contributed by atoms with Crippen LogP contribution in [-0.2, 0) is 12.6 Å². The van der Waals surface area contributed by atoms with Gasteiger partial charge in [0.1, 0.15) is 0 Å². The molecule has 1 aliphatic carbocycles. The van der Waals surface area contributed by atoms with Gasteiger partial charge in [-0.25, -0.2) is 0 Å². The number of pyridine rings is 1. The maximum Gasteiger partial charge on any atom is 0.416 e. The zero-order chi connectivity index (χ0) is 48.8. The minimum absolute atomic E-state index is 0.589. The van der Waals surface area contributed by atoms with Crippen molar-refractivity contribution in [3.63, 3.8) is 0 Å². The van der Waals surface area contributed by atoms with Crippen molar-refractivity contribution in [3.8, 4) is 61.5 Å². The summed E-state index contributed by atoms with van der Waals surface area (Å²) < 4.78 is 46.0. The molecular weight excluding hydrogens is 902 g/mol. The number of hydrogen-bond donors (Lipinski definition) is 0. The Hall–Kier alpha value is -9.06. The molecule has 2 nitrogen and oxygen atoms in total. The predicted molar refractivity (Wildman–Crippen MR) is 298 cm³/mol. The molecule has 73 heavy (non-hydrogen) atoms. The van der Waals surface area contributed by atoms with Gasteiger partial charge in [-0.1, -0.05) is 176 Å². The molecule has 0 unspecified atom stereocenters. The smallest absolute Gasteiger partial charge is 0.308 e. The molecule has 0 radical (unpaired) electrons. The van der Waals surface area contributed by atoms with Crippen molar-refractivity contribution in [2.24, 2.45) is 0 Å². The zero-order valence-electron chi connectivity index (χ0n) is 39.5. The summed E-state index contributed by atoms with van der Waals surface area (Å²) in [6.45, 7) is 0. The molecule has 0 saturated carbocycles. The van der Waals surface area contributed by atoms with Gasteiger partial charge in [0.05, 0.1) is 28.0 Å². The second-order valence-electron chi connectivity index (χ2n) is 19.3. The largest absolute Gasteiger partial charge is 0.416 e. The van der Waals surface area contributed by atoms with Crippen LogP contribution in [0, 0.1) is 0 Å². The minimum atomic E-state index is -4.49. The predicted octanol–water partition coefficient (Wildman–Crippen LogP) is 19.1. The van der Waals surface area contributed by atoms with Gasteiger partial charge >= 0.3 is 6.18 Å². The summed E-state index contributed by atoms with van der Waals surface area (Å²) in [5.74, 6) is 0. The number of fused-ring (bicyclic) bond motifs is 8. The summed E-state index contributed by atoms with van der Waals surface area (Å²) in [7, 11) is 0. The van der Waals surface area contributed by atoms with Gasteiger partial charge in [0.25, 0.3) is 0 Å². The van der Waals surface area contributed by atoms with Crippen LogP contribution in [0.4, 0.5) is 13.2 Å². The van der Waals surface area contributed by atoms with E-state index in [1.807, 2.05) is 24.4 Å². The van der Waals surface area contributed by atoms with Gasteiger partial charge in [-0.15, -0.1) is 0 Å². The lowest BCUT2D eigenvalue weighted by atomic mass is 9.83. The van der Waals surface area contributed by atoms with Crippen molar-refractivity contribution in [1.82, 2.24) is 9.55 Å². The van der Waals surface area contributed by atoms with Gasteiger partial charge in [0, 0.05) is 27.9 Å². The average molecular weight is 945 g/mol. The molecule has 13 aromatic rings. The summed E-state index contributed by atoms with van der Waals surface area (Å²) in [6.07, 6.45) is 3.69. The third-order valence-corrected chi connectivity index (χ3v) is 15.0. The summed E-state index contributed by atoms with van der Waals surface area (Å²) in [6, 6.07) is 74.8. The molecule has 2 aromatic heterocycles. The first kappa shape index (κ1) is 42.8. The van der Waals surface area contributed by atoms with Gasteiger partial charge < -0.3 is 4.57 Å². The summed E-state index contributed by atoms with van der Waals surface area (Å²) >= 11 is 0. The number of aromatic nitrogens is 2. The number of nitrogens with zero attached hydrogens (tertiary/aromatic N) is 2. The third-order valence-electron chi connectivity index (χ3n) is 15.0. The van der Waals surface area contributed by atoms with E-state index in [-0.39, 0.29) is 0 Å². The van der Waals surface area contributed by atoms with E-state index in [1.165, 1.54) is 28.5 Å². The molecule has 0 amide bonds. The van der Waals surface area contributed by atoms with Crippen LogP contribution < -0.4 is 0 Å². The normalized spacial score (nSPS) is 12.7. The molecule has 0 aliphatic heterocycles.